The smallest absolute Gasteiger partial charge is 0.272 e. The van der Waals surface area contributed by atoms with Crippen LogP contribution in [0.1, 0.15) is 69.7 Å². The lowest BCUT2D eigenvalue weighted by atomic mass is 9.92. The minimum Gasteiger partial charge on any atom is -0.371 e. The predicted octanol–water partition coefficient (Wildman–Crippen LogP) is 2.60. The molecule has 0 aliphatic carbocycles. The van der Waals surface area contributed by atoms with Crippen LogP contribution in [0.4, 0.5) is 5.69 Å². The molecule has 3 rings (SSSR count). The minimum atomic E-state index is -0.130. The number of carbonyl (C=O) groups is 1. The van der Waals surface area contributed by atoms with Gasteiger partial charge >= 0.3 is 0 Å². The Morgan fingerprint density at radius 2 is 1.97 bits per heavy atom. The van der Waals surface area contributed by atoms with Gasteiger partial charge in [0.25, 0.3) is 11.5 Å². The van der Waals surface area contributed by atoms with E-state index in [-0.39, 0.29) is 29.0 Å². The number of piperidine rings is 1. The fourth-order valence-corrected chi connectivity index (χ4v) is 3.71. The van der Waals surface area contributed by atoms with Crippen molar-refractivity contribution in [2.24, 2.45) is 7.05 Å². The number of hydrogen-bond donors (Lipinski definition) is 0. The molecule has 0 saturated carbocycles. The molecule has 0 N–H and O–H groups in total. The maximum Gasteiger partial charge on any atom is 0.272 e. The van der Waals surface area contributed by atoms with E-state index in [9.17, 15) is 9.59 Å². The Balaban J connectivity index is 1.80. The molecule has 0 bridgehead atoms. The average molecular weight is 415 g/mol. The van der Waals surface area contributed by atoms with Gasteiger partial charge in [-0.3, -0.25) is 14.3 Å². The number of rotatable bonds is 4. The lowest BCUT2D eigenvalue weighted by Crippen LogP contribution is -2.44. The molecule has 1 atom stereocenters. The molecule has 0 aromatic carbocycles. The number of amides is 1. The van der Waals surface area contributed by atoms with Gasteiger partial charge in [0, 0.05) is 44.7 Å². The molecule has 1 fully saturated rings. The van der Waals surface area contributed by atoms with Crippen molar-refractivity contribution in [1.82, 2.24) is 24.5 Å². The van der Waals surface area contributed by atoms with Crippen molar-refractivity contribution >= 4 is 11.6 Å². The number of likely N-dealkylation sites (tertiary alicyclic amines) is 1. The summed E-state index contributed by atoms with van der Waals surface area (Å²) < 4.78 is 3.19. The van der Waals surface area contributed by atoms with E-state index in [1.54, 1.807) is 24.0 Å². The largest absolute Gasteiger partial charge is 0.371 e. The van der Waals surface area contributed by atoms with Gasteiger partial charge in [0.05, 0.1) is 23.6 Å². The Morgan fingerprint density at radius 3 is 2.53 bits per heavy atom. The molecule has 1 amide bonds. The zero-order chi connectivity index (χ0) is 22.2. The summed E-state index contributed by atoms with van der Waals surface area (Å²) in [6.45, 7) is 11.5. The summed E-state index contributed by atoms with van der Waals surface area (Å²) in [4.78, 5) is 29.8. The van der Waals surface area contributed by atoms with Gasteiger partial charge < -0.3 is 9.80 Å². The van der Waals surface area contributed by atoms with Crippen LogP contribution >= 0.6 is 0 Å². The molecular formula is C22H34N6O2. The lowest BCUT2D eigenvalue weighted by molar-refractivity contribution is 0.0659. The van der Waals surface area contributed by atoms with Crippen LogP contribution in [0.3, 0.4) is 0 Å². The van der Waals surface area contributed by atoms with E-state index in [2.05, 4.69) is 44.8 Å². The van der Waals surface area contributed by atoms with E-state index < -0.39 is 0 Å². The van der Waals surface area contributed by atoms with Crippen LogP contribution in [0.2, 0.25) is 0 Å². The molecule has 0 radical (unpaired) electrons. The van der Waals surface area contributed by atoms with Crippen molar-refractivity contribution < 1.29 is 4.79 Å². The normalized spacial score (nSPS) is 17.5. The Bertz CT molecular complexity index is 969. The van der Waals surface area contributed by atoms with Crippen LogP contribution < -0.4 is 10.5 Å². The van der Waals surface area contributed by atoms with Gasteiger partial charge in [0.15, 0.2) is 0 Å². The van der Waals surface area contributed by atoms with Crippen LogP contribution in [0.5, 0.6) is 0 Å². The van der Waals surface area contributed by atoms with Gasteiger partial charge in [0.2, 0.25) is 0 Å². The molecule has 1 aliphatic rings. The molecule has 1 unspecified atom stereocenters. The first-order valence-electron chi connectivity index (χ1n) is 10.6. The van der Waals surface area contributed by atoms with Gasteiger partial charge in [-0.2, -0.15) is 10.2 Å². The number of nitrogens with zero attached hydrogens (tertiary/aromatic N) is 6. The average Bonchev–Trinajstić information content (AvgIpc) is 3.08. The molecule has 1 saturated heterocycles. The van der Waals surface area contributed by atoms with E-state index in [1.165, 1.54) is 4.68 Å². The highest BCUT2D eigenvalue weighted by Gasteiger charge is 2.30. The third kappa shape index (κ3) is 4.42. The number of aryl methyl sites for hydroxylation is 1. The molecular weight excluding hydrogens is 380 g/mol. The number of hydrogen-bond acceptors (Lipinski definition) is 5. The maximum absolute atomic E-state index is 13.2. The lowest BCUT2D eigenvalue weighted by Gasteiger charge is -2.33. The second-order valence-corrected chi connectivity index (χ2v) is 9.54. The summed E-state index contributed by atoms with van der Waals surface area (Å²) in [6.07, 6.45) is 3.40. The highest BCUT2D eigenvalue weighted by molar-refractivity contribution is 5.92. The Labute approximate surface area is 178 Å². The van der Waals surface area contributed by atoms with E-state index in [1.807, 2.05) is 22.9 Å². The van der Waals surface area contributed by atoms with Crippen molar-refractivity contribution in [3.8, 4) is 0 Å². The van der Waals surface area contributed by atoms with Crippen molar-refractivity contribution in [2.75, 3.05) is 25.0 Å². The number of anilines is 1. The van der Waals surface area contributed by atoms with Crippen molar-refractivity contribution in [3.63, 3.8) is 0 Å². The van der Waals surface area contributed by atoms with Crippen LogP contribution in [0, 0.1) is 0 Å². The van der Waals surface area contributed by atoms with Crippen LogP contribution in [-0.2, 0) is 12.5 Å². The van der Waals surface area contributed by atoms with Crippen molar-refractivity contribution in [1.29, 1.82) is 0 Å². The van der Waals surface area contributed by atoms with Crippen molar-refractivity contribution in [2.45, 2.75) is 65.0 Å². The Kier molecular flexibility index (Phi) is 6.06. The summed E-state index contributed by atoms with van der Waals surface area (Å²) in [7, 11) is 3.76. The topological polar surface area (TPSA) is 76.3 Å². The Morgan fingerprint density at radius 1 is 1.27 bits per heavy atom. The first-order chi connectivity index (χ1) is 14.0. The first-order valence-corrected chi connectivity index (χ1v) is 10.6. The molecule has 164 valence electrons. The fraction of sp³-hybridized carbons (Fsp3) is 0.636. The van der Waals surface area contributed by atoms with Gasteiger partial charge in [-0.1, -0.05) is 20.8 Å². The van der Waals surface area contributed by atoms with E-state index in [4.69, 9.17) is 0 Å². The molecule has 2 aromatic heterocycles. The summed E-state index contributed by atoms with van der Waals surface area (Å²) in [6, 6.07) is 3.67. The highest BCUT2D eigenvalue weighted by atomic mass is 16.2. The molecule has 2 aromatic rings. The standard InChI is InChI=1S/C22H34N6O2/c1-15(2)25(6)17-11-20(29)28(23-13-17)16-9-8-10-27(14-16)21(30)18-12-19(22(3,4)5)24-26(18)7/h11-13,15-16H,8-10,14H2,1-7H3. The first kappa shape index (κ1) is 22.1. The highest BCUT2D eigenvalue weighted by Crippen LogP contribution is 2.25. The minimum absolute atomic E-state index is 0.0468. The van der Waals surface area contributed by atoms with E-state index in [0.29, 0.717) is 18.8 Å². The molecule has 0 spiro atoms. The van der Waals surface area contributed by atoms with Gasteiger partial charge in [0.1, 0.15) is 5.69 Å². The second kappa shape index (κ2) is 8.24. The van der Waals surface area contributed by atoms with Crippen LogP contribution in [-0.4, -0.2) is 56.5 Å². The zero-order valence-corrected chi connectivity index (χ0v) is 19.2. The quantitative estimate of drug-likeness (QED) is 0.769. The number of aromatic nitrogens is 4. The molecule has 3 heterocycles. The van der Waals surface area contributed by atoms with Gasteiger partial charge in [-0.25, -0.2) is 4.68 Å². The molecule has 1 aliphatic heterocycles. The van der Waals surface area contributed by atoms with Gasteiger partial charge in [-0.05, 0) is 32.8 Å². The number of carbonyl (C=O) groups excluding carboxylic acids is 1. The van der Waals surface area contributed by atoms with E-state index >= 15 is 0 Å². The molecule has 8 heteroatoms. The third-order valence-corrected chi connectivity index (χ3v) is 5.89. The summed E-state index contributed by atoms with van der Waals surface area (Å²) in [5, 5.41) is 8.96. The molecule has 8 nitrogen and oxygen atoms in total. The summed E-state index contributed by atoms with van der Waals surface area (Å²) in [5.41, 5.74) is 2.02. The van der Waals surface area contributed by atoms with Crippen molar-refractivity contribution in [3.05, 3.63) is 40.1 Å². The fourth-order valence-electron chi connectivity index (χ4n) is 3.71. The second-order valence-electron chi connectivity index (χ2n) is 9.54. The van der Waals surface area contributed by atoms with Gasteiger partial charge in [-0.15, -0.1) is 0 Å². The van der Waals surface area contributed by atoms with Crippen LogP contribution in [0.25, 0.3) is 0 Å². The summed E-state index contributed by atoms with van der Waals surface area (Å²) >= 11 is 0. The molecule has 30 heavy (non-hydrogen) atoms. The SMILES string of the molecule is CC(C)N(C)c1cnn(C2CCCN(C(=O)c3cc(C(C)(C)C)nn3C)C2)c(=O)c1. The zero-order valence-electron chi connectivity index (χ0n) is 19.2. The monoisotopic (exact) mass is 414 g/mol. The Hall–Kier alpha value is -2.64. The predicted molar refractivity (Wildman–Crippen MR) is 118 cm³/mol. The summed E-state index contributed by atoms with van der Waals surface area (Å²) in [5.74, 6) is -0.0468. The third-order valence-electron chi connectivity index (χ3n) is 5.89. The van der Waals surface area contributed by atoms with E-state index in [0.717, 1.165) is 24.2 Å². The maximum atomic E-state index is 13.2. The van der Waals surface area contributed by atoms with Crippen LogP contribution in [0.15, 0.2) is 23.1 Å².